The Hall–Kier alpha value is -1.22. The van der Waals surface area contributed by atoms with E-state index in [1.54, 1.807) is 0 Å². The molecule has 0 amide bonds. The topological polar surface area (TPSA) is 241 Å². The third kappa shape index (κ3) is 129. The van der Waals surface area contributed by atoms with Crippen LogP contribution in [0.1, 0.15) is 0 Å². The summed E-state index contributed by atoms with van der Waals surface area (Å²) < 4.78 is 0. The molecule has 0 heterocycles. The molecule has 0 aliphatic heterocycles. The molecule has 4 N–H and O–H groups in total. The average Bonchev–Trinajstić information content (AvgIpc) is 2.40. The summed E-state index contributed by atoms with van der Waals surface area (Å²) in [6, 6.07) is 0. The van der Waals surface area contributed by atoms with Gasteiger partial charge < -0.3 is 60.0 Å². The first-order valence-corrected chi connectivity index (χ1v) is 4.31. The van der Waals surface area contributed by atoms with E-state index in [4.69, 9.17) is 60.0 Å². The van der Waals surface area contributed by atoms with E-state index < -0.39 is 50.3 Å². The summed E-state index contributed by atoms with van der Waals surface area (Å²) >= 11 is 0. The Morgan fingerprint density at radius 3 is 0.591 bits per heavy atom. The van der Waals surface area contributed by atoms with E-state index in [9.17, 15) is 0 Å². The van der Waals surface area contributed by atoms with Crippen LogP contribution < -0.4 is 50.0 Å². The summed E-state index contributed by atoms with van der Waals surface area (Å²) in [6.45, 7) is -3.56. The van der Waals surface area contributed by atoms with E-state index in [2.05, 4.69) is 0 Å². The van der Waals surface area contributed by atoms with E-state index >= 15 is 0 Å². The molecular formula is C8H12BNaO12. The molecular weight excluding hydrogens is 322 g/mol. The Morgan fingerprint density at radius 1 is 0.545 bits per heavy atom. The van der Waals surface area contributed by atoms with Crippen LogP contribution in [0.3, 0.4) is 0 Å². The van der Waals surface area contributed by atoms with Crippen molar-refractivity contribution < 1.29 is 89.6 Å². The molecule has 0 bridgehead atoms. The van der Waals surface area contributed by atoms with Gasteiger partial charge in [-0.1, -0.05) is 0 Å². The first-order valence-electron chi connectivity index (χ1n) is 4.31. The first-order chi connectivity index (χ1) is 9.08. The molecule has 0 spiro atoms. The minimum Gasteiger partial charge on any atom is -0.548 e. The fraction of sp³-hybridized carbons (Fsp3) is 0.500. The van der Waals surface area contributed by atoms with Gasteiger partial charge in [0, 0.05) is 0 Å². The number of carbonyl (C=O) groups excluding carboxylic acids is 4. The molecule has 0 aromatic heterocycles. The Labute approximate surface area is 148 Å². The van der Waals surface area contributed by atoms with Gasteiger partial charge >= 0.3 is 38.0 Å². The molecule has 0 radical (unpaired) electrons. The van der Waals surface area contributed by atoms with Crippen LogP contribution in [-0.2, 0) is 19.2 Å². The summed E-state index contributed by atoms with van der Waals surface area (Å²) in [7, 11) is 0. The molecule has 0 unspecified atom stereocenters. The Bertz CT molecular complexity index is 228. The number of aliphatic hydroxyl groups is 4. The second-order valence-electron chi connectivity index (χ2n) is 2.12. The molecule has 0 atom stereocenters. The van der Waals surface area contributed by atoms with Crippen molar-refractivity contribution in [2.45, 2.75) is 0 Å². The third-order valence-corrected chi connectivity index (χ3v) is 0.516. The molecule has 0 aliphatic carbocycles. The van der Waals surface area contributed by atoms with E-state index in [1.807, 2.05) is 0 Å². The molecule has 0 fully saturated rings. The second-order valence-corrected chi connectivity index (χ2v) is 2.12. The zero-order valence-electron chi connectivity index (χ0n) is 11.5. The minimum atomic E-state index is -1.44. The molecule has 0 rings (SSSR count). The van der Waals surface area contributed by atoms with Gasteiger partial charge in [0.1, 0.15) is 0 Å². The number of aliphatic hydroxyl groups excluding tert-OH is 4. The number of rotatable bonds is 4. The van der Waals surface area contributed by atoms with Crippen LogP contribution in [0.5, 0.6) is 0 Å². The Morgan fingerprint density at radius 2 is 0.591 bits per heavy atom. The van der Waals surface area contributed by atoms with E-state index in [-0.39, 0.29) is 38.0 Å². The molecule has 0 saturated carbocycles. The third-order valence-electron chi connectivity index (χ3n) is 0.516. The summed E-state index contributed by atoms with van der Waals surface area (Å²) in [5.74, 6) is -5.76. The minimum absolute atomic E-state index is 0. The molecule has 120 valence electrons. The van der Waals surface area contributed by atoms with Crippen molar-refractivity contribution >= 4 is 32.3 Å². The quantitative estimate of drug-likeness (QED) is 0.350. The number of aliphatic carboxylic acids is 4. The number of hydrogen-bond donors (Lipinski definition) is 4. The summed E-state index contributed by atoms with van der Waals surface area (Å²) in [5.41, 5.74) is 0. The normalized spacial score (nSPS) is 6.73. The second kappa shape index (κ2) is 31.9. The number of carbonyl (C=O) groups is 4. The predicted molar refractivity (Wildman–Crippen MR) is 54.1 cm³/mol. The summed E-state index contributed by atoms with van der Waals surface area (Å²) in [6.07, 6.45) is 0. The molecule has 14 heteroatoms. The van der Waals surface area contributed by atoms with Crippen LogP contribution in [0.15, 0.2) is 0 Å². The van der Waals surface area contributed by atoms with Crippen LogP contribution in [0.4, 0.5) is 0 Å². The van der Waals surface area contributed by atoms with Gasteiger partial charge in [-0.15, -0.1) is 0 Å². The van der Waals surface area contributed by atoms with Gasteiger partial charge in [0.05, 0.1) is 50.3 Å². The summed E-state index contributed by atoms with van der Waals surface area (Å²) in [4.78, 5) is 36.0. The number of carboxylic acid groups (broad SMARTS) is 4. The number of hydrogen-bond acceptors (Lipinski definition) is 12. The predicted octanol–water partition coefficient (Wildman–Crippen LogP) is -12.5. The maximum Gasteiger partial charge on any atom is 3.00 e. The van der Waals surface area contributed by atoms with Crippen LogP contribution in [0, 0.1) is 0 Å². The van der Waals surface area contributed by atoms with E-state index in [0.717, 1.165) is 0 Å². The van der Waals surface area contributed by atoms with E-state index in [0.29, 0.717) is 0 Å². The van der Waals surface area contributed by atoms with Gasteiger partial charge in [-0.05, 0) is 0 Å². The van der Waals surface area contributed by atoms with Crippen LogP contribution >= 0.6 is 0 Å². The van der Waals surface area contributed by atoms with Crippen molar-refractivity contribution in [1.29, 1.82) is 0 Å². The Balaban J connectivity index is -0.0000000376. The van der Waals surface area contributed by atoms with Crippen molar-refractivity contribution in [2.24, 2.45) is 0 Å². The molecule has 0 saturated heterocycles. The molecule has 22 heavy (non-hydrogen) atoms. The van der Waals surface area contributed by atoms with Crippen LogP contribution in [-0.4, -0.2) is 79.1 Å². The van der Waals surface area contributed by atoms with Gasteiger partial charge in [0.15, 0.2) is 0 Å². The fourth-order valence-corrected chi connectivity index (χ4v) is 0. The van der Waals surface area contributed by atoms with Crippen molar-refractivity contribution in [1.82, 2.24) is 0 Å². The van der Waals surface area contributed by atoms with Crippen LogP contribution in [0.25, 0.3) is 0 Å². The SMILES string of the molecule is O=C([O-])CO.O=C([O-])CO.O=C([O-])CO.O=C([O-])CO.[B+3].[Na+]. The zero-order valence-corrected chi connectivity index (χ0v) is 13.5. The van der Waals surface area contributed by atoms with Crippen molar-refractivity contribution in [3.05, 3.63) is 0 Å². The standard InChI is InChI=1S/4C2H4O3.B.Na/c4*3-1-2(4)5;;/h4*3H,1H2,(H,4,5);;/q;;;;+3;+1/p-4. The van der Waals surface area contributed by atoms with Gasteiger partial charge in [-0.25, -0.2) is 0 Å². The molecule has 12 nitrogen and oxygen atoms in total. The molecule has 0 aromatic rings. The van der Waals surface area contributed by atoms with Gasteiger partial charge in [0.2, 0.25) is 0 Å². The van der Waals surface area contributed by atoms with Gasteiger partial charge in [0.25, 0.3) is 0 Å². The first kappa shape index (κ1) is 37.2. The van der Waals surface area contributed by atoms with Gasteiger partial charge in [-0.2, -0.15) is 0 Å². The van der Waals surface area contributed by atoms with Crippen molar-refractivity contribution in [2.75, 3.05) is 26.4 Å². The largest absolute Gasteiger partial charge is 3.00 e. The van der Waals surface area contributed by atoms with Gasteiger partial charge in [-0.3, -0.25) is 0 Å². The van der Waals surface area contributed by atoms with E-state index in [1.165, 1.54) is 0 Å². The Kier molecular flexibility index (Phi) is 54.0. The average molecular weight is 334 g/mol. The maximum atomic E-state index is 9.01. The molecule has 0 aromatic carbocycles. The van der Waals surface area contributed by atoms with Crippen LogP contribution in [0.2, 0.25) is 0 Å². The molecule has 0 aliphatic rings. The van der Waals surface area contributed by atoms with Crippen molar-refractivity contribution in [3.63, 3.8) is 0 Å². The summed E-state index contributed by atoms with van der Waals surface area (Å²) in [5, 5.41) is 66.0. The maximum absolute atomic E-state index is 9.01. The van der Waals surface area contributed by atoms with Crippen molar-refractivity contribution in [3.8, 4) is 0 Å². The smallest absolute Gasteiger partial charge is 0.548 e. The zero-order chi connectivity index (χ0) is 17.1. The monoisotopic (exact) mass is 334 g/mol. The fourth-order valence-electron chi connectivity index (χ4n) is 0. The number of carboxylic acids is 4.